The number of fused-ring (bicyclic) bond motifs is 1. The normalized spacial score (nSPS) is 18.1. The van der Waals surface area contributed by atoms with Gasteiger partial charge in [0.05, 0.1) is 5.69 Å². The van der Waals surface area contributed by atoms with Gasteiger partial charge >= 0.3 is 0 Å². The van der Waals surface area contributed by atoms with Crippen LogP contribution in [0.3, 0.4) is 0 Å². The van der Waals surface area contributed by atoms with E-state index >= 15 is 0 Å². The number of aromatic amines is 1. The van der Waals surface area contributed by atoms with Crippen molar-refractivity contribution in [2.45, 2.75) is 31.8 Å². The summed E-state index contributed by atoms with van der Waals surface area (Å²) in [6.45, 7) is 0.383. The smallest absolute Gasteiger partial charge is 0.177 e. The molecule has 0 fully saturated rings. The first-order valence-electron chi connectivity index (χ1n) is 6.55. The zero-order valence-corrected chi connectivity index (χ0v) is 11.6. The van der Waals surface area contributed by atoms with E-state index in [0.29, 0.717) is 29.7 Å². The van der Waals surface area contributed by atoms with Crippen molar-refractivity contribution in [3.8, 4) is 0 Å². The molecule has 1 unspecified atom stereocenters. The standard InChI is InChI=1S/C14H15F2N3S/c15-9-3-8-4-10(1-2-12(8)13(16)5-9)19-11(6-17)7-18-14(19)20/h3,5,7,10H,1-2,4,6,17H2,(H,18,20). The summed E-state index contributed by atoms with van der Waals surface area (Å²) in [6, 6.07) is 2.47. The number of halogens is 2. The minimum atomic E-state index is -0.529. The molecule has 1 aliphatic rings. The first-order valence-corrected chi connectivity index (χ1v) is 6.96. The maximum atomic E-state index is 13.7. The van der Waals surface area contributed by atoms with Gasteiger partial charge in [-0.15, -0.1) is 0 Å². The molecule has 2 aromatic rings. The number of hydrogen-bond acceptors (Lipinski definition) is 2. The molecule has 0 radical (unpaired) electrons. The lowest BCUT2D eigenvalue weighted by molar-refractivity contribution is 0.416. The molecule has 0 aliphatic heterocycles. The summed E-state index contributed by atoms with van der Waals surface area (Å²) in [7, 11) is 0. The van der Waals surface area contributed by atoms with Gasteiger partial charge in [-0.05, 0) is 48.7 Å². The zero-order chi connectivity index (χ0) is 14.3. The monoisotopic (exact) mass is 295 g/mol. The zero-order valence-electron chi connectivity index (χ0n) is 10.8. The third kappa shape index (κ3) is 2.19. The lowest BCUT2D eigenvalue weighted by atomic mass is 9.87. The first-order chi connectivity index (χ1) is 9.60. The second-order valence-electron chi connectivity index (χ2n) is 5.08. The van der Waals surface area contributed by atoms with Crippen LogP contribution in [0.4, 0.5) is 8.78 Å². The van der Waals surface area contributed by atoms with Crippen LogP contribution < -0.4 is 5.73 Å². The van der Waals surface area contributed by atoms with Crippen molar-refractivity contribution in [1.29, 1.82) is 0 Å². The second-order valence-corrected chi connectivity index (χ2v) is 5.47. The van der Waals surface area contributed by atoms with Crippen molar-refractivity contribution in [2.24, 2.45) is 5.73 Å². The fraction of sp³-hybridized carbons (Fsp3) is 0.357. The van der Waals surface area contributed by atoms with Crippen molar-refractivity contribution >= 4 is 12.2 Å². The molecule has 20 heavy (non-hydrogen) atoms. The van der Waals surface area contributed by atoms with E-state index in [0.717, 1.165) is 23.7 Å². The number of nitrogens with one attached hydrogen (secondary N) is 1. The Hall–Kier alpha value is -1.53. The van der Waals surface area contributed by atoms with Gasteiger partial charge in [0.2, 0.25) is 0 Å². The summed E-state index contributed by atoms with van der Waals surface area (Å²) in [6.07, 6.45) is 3.73. The van der Waals surface area contributed by atoms with Crippen molar-refractivity contribution in [3.05, 3.63) is 51.6 Å². The number of rotatable bonds is 2. The number of nitrogens with two attached hydrogens (primary N) is 1. The summed E-state index contributed by atoms with van der Waals surface area (Å²) in [5.74, 6) is -0.978. The Morgan fingerprint density at radius 3 is 2.95 bits per heavy atom. The molecule has 0 spiro atoms. The lowest BCUT2D eigenvalue weighted by Crippen LogP contribution is -2.22. The average Bonchev–Trinajstić information content (AvgIpc) is 2.78. The summed E-state index contributed by atoms with van der Waals surface area (Å²) in [4.78, 5) is 2.98. The molecule has 0 saturated carbocycles. The van der Waals surface area contributed by atoms with Gasteiger partial charge in [-0.25, -0.2) is 8.78 Å². The van der Waals surface area contributed by atoms with Crippen molar-refractivity contribution in [3.63, 3.8) is 0 Å². The van der Waals surface area contributed by atoms with Gasteiger partial charge in [0.1, 0.15) is 11.6 Å². The molecule has 3 N–H and O–H groups in total. The fourth-order valence-corrected chi connectivity index (χ4v) is 3.30. The van der Waals surface area contributed by atoms with Gasteiger partial charge in [0.15, 0.2) is 4.77 Å². The predicted octanol–water partition coefficient (Wildman–Crippen LogP) is 3.01. The van der Waals surface area contributed by atoms with Crippen LogP contribution in [0, 0.1) is 16.4 Å². The highest BCUT2D eigenvalue weighted by Gasteiger charge is 2.24. The minimum Gasteiger partial charge on any atom is -0.337 e. The quantitative estimate of drug-likeness (QED) is 0.837. The van der Waals surface area contributed by atoms with Gasteiger partial charge in [0.25, 0.3) is 0 Å². The van der Waals surface area contributed by atoms with Crippen LogP contribution >= 0.6 is 12.2 Å². The van der Waals surface area contributed by atoms with E-state index in [2.05, 4.69) is 4.98 Å². The molecule has 0 amide bonds. The molecule has 6 heteroatoms. The van der Waals surface area contributed by atoms with E-state index < -0.39 is 11.6 Å². The van der Waals surface area contributed by atoms with Crippen molar-refractivity contribution in [2.75, 3.05) is 0 Å². The molecule has 0 bridgehead atoms. The first kappa shape index (κ1) is 13.5. The van der Waals surface area contributed by atoms with Gasteiger partial charge in [-0.3, -0.25) is 0 Å². The summed E-state index contributed by atoms with van der Waals surface area (Å²) < 4.78 is 29.7. The van der Waals surface area contributed by atoms with Crippen LogP contribution in [0.1, 0.15) is 29.3 Å². The Bertz CT molecular complexity index is 705. The molecule has 3 rings (SSSR count). The van der Waals surface area contributed by atoms with Crippen LogP contribution in [-0.2, 0) is 19.4 Å². The van der Waals surface area contributed by atoms with E-state index in [-0.39, 0.29) is 6.04 Å². The molecule has 0 saturated heterocycles. The van der Waals surface area contributed by atoms with E-state index in [4.69, 9.17) is 18.0 Å². The Morgan fingerprint density at radius 1 is 1.40 bits per heavy atom. The van der Waals surface area contributed by atoms with Gasteiger partial charge in [-0.1, -0.05) is 0 Å². The van der Waals surface area contributed by atoms with Crippen LogP contribution in [0.5, 0.6) is 0 Å². The maximum Gasteiger partial charge on any atom is 0.177 e. The number of hydrogen-bond donors (Lipinski definition) is 2. The number of nitrogens with zero attached hydrogens (tertiary/aromatic N) is 1. The molecular formula is C14H15F2N3S. The van der Waals surface area contributed by atoms with Crippen LogP contribution in [-0.4, -0.2) is 9.55 Å². The van der Waals surface area contributed by atoms with E-state index in [1.165, 1.54) is 6.07 Å². The molecule has 1 aliphatic carbocycles. The maximum absolute atomic E-state index is 13.7. The van der Waals surface area contributed by atoms with E-state index in [1.807, 2.05) is 4.57 Å². The minimum absolute atomic E-state index is 0.0981. The van der Waals surface area contributed by atoms with Crippen molar-refractivity contribution < 1.29 is 8.78 Å². The third-order valence-electron chi connectivity index (χ3n) is 3.90. The largest absolute Gasteiger partial charge is 0.337 e. The van der Waals surface area contributed by atoms with E-state index in [1.54, 1.807) is 6.20 Å². The van der Waals surface area contributed by atoms with Crippen LogP contribution in [0.25, 0.3) is 0 Å². The van der Waals surface area contributed by atoms with E-state index in [9.17, 15) is 8.78 Å². The summed E-state index contributed by atoms with van der Waals surface area (Å²) in [5.41, 5.74) is 7.97. The van der Waals surface area contributed by atoms with Crippen LogP contribution in [0.2, 0.25) is 0 Å². The third-order valence-corrected chi connectivity index (χ3v) is 4.22. The van der Waals surface area contributed by atoms with Gasteiger partial charge in [-0.2, -0.15) is 0 Å². The molecule has 1 aromatic carbocycles. The Balaban J connectivity index is 2.00. The number of imidazole rings is 1. The predicted molar refractivity (Wildman–Crippen MR) is 74.9 cm³/mol. The molecule has 1 heterocycles. The fourth-order valence-electron chi connectivity index (χ4n) is 2.98. The van der Waals surface area contributed by atoms with Crippen molar-refractivity contribution in [1.82, 2.24) is 9.55 Å². The Morgan fingerprint density at radius 2 is 2.20 bits per heavy atom. The average molecular weight is 295 g/mol. The highest BCUT2D eigenvalue weighted by atomic mass is 32.1. The summed E-state index contributed by atoms with van der Waals surface area (Å²) >= 11 is 5.27. The Labute approximate surface area is 120 Å². The second kappa shape index (κ2) is 5.10. The van der Waals surface area contributed by atoms with Crippen LogP contribution in [0.15, 0.2) is 18.3 Å². The number of aromatic nitrogens is 2. The van der Waals surface area contributed by atoms with Gasteiger partial charge < -0.3 is 15.3 Å². The SMILES string of the molecule is NCc1c[nH]c(=S)n1C1CCc2c(F)cc(F)cc2C1. The summed E-state index contributed by atoms with van der Waals surface area (Å²) in [5, 5.41) is 0. The molecule has 3 nitrogen and oxygen atoms in total. The molecular weight excluding hydrogens is 280 g/mol. The number of H-pyrrole nitrogens is 1. The number of benzene rings is 1. The lowest BCUT2D eigenvalue weighted by Gasteiger charge is -2.27. The topological polar surface area (TPSA) is 46.7 Å². The highest BCUT2D eigenvalue weighted by Crippen LogP contribution is 2.32. The molecule has 106 valence electrons. The molecule has 1 aromatic heterocycles. The Kier molecular flexibility index (Phi) is 3.43. The van der Waals surface area contributed by atoms with Gasteiger partial charge in [0, 0.05) is 24.8 Å². The molecule has 1 atom stereocenters. The highest BCUT2D eigenvalue weighted by molar-refractivity contribution is 7.71.